The second-order valence-corrected chi connectivity index (χ2v) is 6.93. The van der Waals surface area contributed by atoms with E-state index in [1.807, 2.05) is 38.1 Å². The van der Waals surface area contributed by atoms with E-state index in [-0.39, 0.29) is 31.6 Å². The first-order chi connectivity index (χ1) is 14.0. The van der Waals surface area contributed by atoms with Crippen molar-refractivity contribution in [3.63, 3.8) is 0 Å². The van der Waals surface area contributed by atoms with Gasteiger partial charge < -0.3 is 23.8 Å². The minimum atomic E-state index is -0.819. The Morgan fingerprint density at radius 3 is 2.83 bits per heavy atom. The molecule has 1 aliphatic rings. The zero-order chi connectivity index (χ0) is 21.0. The van der Waals surface area contributed by atoms with Gasteiger partial charge in [0.25, 0.3) is 5.91 Å². The van der Waals surface area contributed by atoms with Crippen molar-refractivity contribution in [1.82, 2.24) is 19.9 Å². The lowest BCUT2D eigenvalue weighted by atomic mass is 9.93. The summed E-state index contributed by atoms with van der Waals surface area (Å²) in [6.45, 7) is 4.51. The summed E-state index contributed by atoms with van der Waals surface area (Å²) in [6, 6.07) is 7.18. The lowest BCUT2D eigenvalue weighted by Gasteiger charge is -2.40. The van der Waals surface area contributed by atoms with Crippen molar-refractivity contribution >= 4 is 11.8 Å². The van der Waals surface area contributed by atoms with Crippen LogP contribution in [0, 0.1) is 6.92 Å². The number of rotatable bonds is 7. The van der Waals surface area contributed by atoms with E-state index >= 15 is 0 Å². The van der Waals surface area contributed by atoms with Crippen LogP contribution in [0.4, 0.5) is 0 Å². The first-order valence-corrected chi connectivity index (χ1v) is 9.48. The normalized spacial score (nSPS) is 19.4. The lowest BCUT2D eigenvalue weighted by molar-refractivity contribution is -0.167. The molecule has 9 heteroatoms. The highest BCUT2D eigenvalue weighted by atomic mass is 16.5. The van der Waals surface area contributed by atoms with Crippen molar-refractivity contribution in [3.05, 3.63) is 47.1 Å². The van der Waals surface area contributed by atoms with E-state index in [9.17, 15) is 9.59 Å². The predicted molar refractivity (Wildman–Crippen MR) is 103 cm³/mol. The third kappa shape index (κ3) is 4.46. The smallest absolute Gasteiger partial charge is 0.254 e. The van der Waals surface area contributed by atoms with E-state index < -0.39 is 12.1 Å². The number of amides is 2. The summed E-state index contributed by atoms with van der Waals surface area (Å²) in [4.78, 5) is 33.1. The fraction of sp³-hybridized carbons (Fsp3) is 0.500. The maximum absolute atomic E-state index is 13.4. The average Bonchev–Trinajstić information content (AvgIpc) is 3.16. The molecule has 1 saturated heterocycles. The number of hydrogen-bond acceptors (Lipinski definition) is 7. The molecule has 0 saturated carbocycles. The Labute approximate surface area is 169 Å². The van der Waals surface area contributed by atoms with E-state index in [2.05, 4.69) is 10.1 Å². The molecule has 2 atom stereocenters. The van der Waals surface area contributed by atoms with Gasteiger partial charge in [-0.1, -0.05) is 29.4 Å². The number of ether oxygens (including phenoxy) is 2. The molecule has 1 fully saturated rings. The molecular weight excluding hydrogens is 376 g/mol. The second-order valence-electron chi connectivity index (χ2n) is 6.93. The number of benzene rings is 1. The highest BCUT2D eigenvalue weighted by Crippen LogP contribution is 2.32. The van der Waals surface area contributed by atoms with Crippen LogP contribution in [0.25, 0.3) is 0 Å². The summed E-state index contributed by atoms with van der Waals surface area (Å²) in [6.07, 6.45) is -0.819. The van der Waals surface area contributed by atoms with Gasteiger partial charge in [-0.2, -0.15) is 4.98 Å². The topological polar surface area (TPSA) is 98.0 Å². The Balaban J connectivity index is 1.85. The molecule has 0 spiro atoms. The monoisotopic (exact) mass is 402 g/mol. The van der Waals surface area contributed by atoms with Gasteiger partial charge in [0.15, 0.2) is 11.9 Å². The Morgan fingerprint density at radius 1 is 1.38 bits per heavy atom. The van der Waals surface area contributed by atoms with E-state index in [0.717, 1.165) is 11.1 Å². The number of carbonyl (C=O) groups is 2. The molecule has 0 radical (unpaired) electrons. The third-order valence-electron chi connectivity index (χ3n) is 5.04. The minimum Gasteiger partial charge on any atom is -0.377 e. The summed E-state index contributed by atoms with van der Waals surface area (Å²) >= 11 is 0. The van der Waals surface area contributed by atoms with Crippen molar-refractivity contribution in [2.75, 3.05) is 27.3 Å². The molecule has 9 nitrogen and oxygen atoms in total. The minimum absolute atomic E-state index is 0.134. The van der Waals surface area contributed by atoms with Crippen molar-refractivity contribution in [1.29, 1.82) is 0 Å². The molecule has 0 bridgehead atoms. The number of hydrogen-bond donors (Lipinski definition) is 0. The maximum Gasteiger partial charge on any atom is 0.254 e. The number of nitrogens with zero attached hydrogens (tertiary/aromatic N) is 4. The lowest BCUT2D eigenvalue weighted by Crippen LogP contribution is -2.53. The quantitative estimate of drug-likeness (QED) is 0.692. The maximum atomic E-state index is 13.4. The van der Waals surface area contributed by atoms with Gasteiger partial charge in [-0.3, -0.25) is 9.59 Å². The number of carbonyl (C=O) groups excluding carboxylic acids is 2. The fourth-order valence-corrected chi connectivity index (χ4v) is 3.44. The van der Waals surface area contributed by atoms with Gasteiger partial charge in [-0.15, -0.1) is 0 Å². The molecule has 29 heavy (non-hydrogen) atoms. The van der Waals surface area contributed by atoms with Crippen LogP contribution in [0.2, 0.25) is 0 Å². The largest absolute Gasteiger partial charge is 0.377 e. The molecule has 2 heterocycles. The summed E-state index contributed by atoms with van der Waals surface area (Å²) in [5, 5.41) is 3.83. The molecule has 3 rings (SSSR count). The number of morpholine rings is 1. The number of methoxy groups -OCH3 is 1. The van der Waals surface area contributed by atoms with Crippen LogP contribution >= 0.6 is 0 Å². The second kappa shape index (κ2) is 9.15. The van der Waals surface area contributed by atoms with Crippen molar-refractivity contribution in [2.45, 2.75) is 39.1 Å². The van der Waals surface area contributed by atoms with Crippen LogP contribution < -0.4 is 0 Å². The molecule has 0 unspecified atom stereocenters. The van der Waals surface area contributed by atoms with Crippen LogP contribution in [-0.2, 0) is 32.2 Å². The van der Waals surface area contributed by atoms with Gasteiger partial charge in [-0.25, -0.2) is 0 Å². The SMILES string of the molecule is CCN(Cc1nc(COC)no1)C(=O)[C@H]1OCC(=O)N(C)[C@@H]1c1ccccc1C. The van der Waals surface area contributed by atoms with Crippen molar-refractivity contribution < 1.29 is 23.6 Å². The van der Waals surface area contributed by atoms with Gasteiger partial charge in [0, 0.05) is 20.7 Å². The first-order valence-electron chi connectivity index (χ1n) is 9.48. The molecule has 1 aromatic heterocycles. The molecule has 1 aromatic carbocycles. The predicted octanol–water partition coefficient (Wildman–Crippen LogP) is 1.47. The van der Waals surface area contributed by atoms with Crippen molar-refractivity contribution in [3.8, 4) is 0 Å². The van der Waals surface area contributed by atoms with Crippen LogP contribution in [-0.4, -0.2) is 65.2 Å². The van der Waals surface area contributed by atoms with Crippen LogP contribution in [0.3, 0.4) is 0 Å². The Bertz CT molecular complexity index is 868. The van der Waals surface area contributed by atoms with Crippen molar-refractivity contribution in [2.24, 2.45) is 0 Å². The van der Waals surface area contributed by atoms with E-state index in [0.29, 0.717) is 18.3 Å². The number of aryl methyl sites for hydroxylation is 1. The number of aromatic nitrogens is 2. The molecule has 1 aliphatic heterocycles. The average molecular weight is 402 g/mol. The van der Waals surface area contributed by atoms with Gasteiger partial charge in [-0.05, 0) is 25.0 Å². The summed E-state index contributed by atoms with van der Waals surface area (Å²) in [5.41, 5.74) is 1.88. The van der Waals surface area contributed by atoms with Crippen LogP contribution in [0.5, 0.6) is 0 Å². The van der Waals surface area contributed by atoms with Gasteiger partial charge in [0.2, 0.25) is 11.8 Å². The standard InChI is InChI=1S/C20H26N4O5/c1-5-24(10-16-21-15(11-27-4)22-29-16)20(26)19-18(23(3)17(25)12-28-19)14-9-7-6-8-13(14)2/h6-9,18-19H,5,10-12H2,1-4H3/t18-,19+/m1/s1. The van der Waals surface area contributed by atoms with E-state index in [1.54, 1.807) is 24.0 Å². The Kier molecular flexibility index (Phi) is 6.60. The Morgan fingerprint density at radius 2 is 2.14 bits per heavy atom. The Hall–Kier alpha value is -2.78. The van der Waals surface area contributed by atoms with E-state index in [4.69, 9.17) is 14.0 Å². The highest BCUT2D eigenvalue weighted by Gasteiger charge is 2.42. The first kappa shape index (κ1) is 20.9. The van der Waals surface area contributed by atoms with Gasteiger partial charge in [0.1, 0.15) is 19.8 Å². The van der Waals surface area contributed by atoms with E-state index in [1.165, 1.54) is 0 Å². The molecule has 2 amide bonds. The molecule has 0 aliphatic carbocycles. The third-order valence-corrected chi connectivity index (χ3v) is 5.04. The molecular formula is C20H26N4O5. The van der Waals surface area contributed by atoms with Gasteiger partial charge in [0.05, 0.1) is 6.04 Å². The highest BCUT2D eigenvalue weighted by molar-refractivity contribution is 5.86. The summed E-state index contributed by atoms with van der Waals surface area (Å²) in [7, 11) is 3.25. The summed E-state index contributed by atoms with van der Waals surface area (Å²) in [5.74, 6) is 0.348. The van der Waals surface area contributed by atoms with Gasteiger partial charge >= 0.3 is 0 Å². The zero-order valence-corrected chi connectivity index (χ0v) is 17.1. The fourth-order valence-electron chi connectivity index (χ4n) is 3.44. The molecule has 0 N–H and O–H groups in total. The molecule has 2 aromatic rings. The number of likely N-dealkylation sites (N-methyl/N-ethyl adjacent to an activating group) is 2. The molecule has 156 valence electrons. The zero-order valence-electron chi connectivity index (χ0n) is 17.1. The van der Waals surface area contributed by atoms with Crippen LogP contribution in [0.1, 0.15) is 35.8 Å². The summed E-state index contributed by atoms with van der Waals surface area (Å²) < 4.78 is 15.9. The van der Waals surface area contributed by atoms with Crippen LogP contribution in [0.15, 0.2) is 28.8 Å².